The fraction of sp³-hybridized carbons (Fsp3) is 0.167. The zero-order valence-electron chi connectivity index (χ0n) is 14.9. The van der Waals surface area contributed by atoms with E-state index in [9.17, 15) is 18.0 Å². The SMILES string of the molecule is CC(NC(=O)O)c1nc2cccc(Cl)c2c(=O)n1-c1cccc(S(C)(=O)=O)c1. The standard InChI is InChI=1S/C18H16ClN3O5S/c1-10(20-18(24)25)16-21-14-8-4-7-13(19)15(14)17(23)22(16)11-5-3-6-12(9-11)28(2,26)27/h3-10,20H,1-2H3,(H,24,25). The third kappa shape index (κ3) is 3.71. The van der Waals surface area contributed by atoms with Crippen LogP contribution in [0.1, 0.15) is 18.8 Å². The van der Waals surface area contributed by atoms with Crippen LogP contribution in [0, 0.1) is 0 Å². The zero-order valence-corrected chi connectivity index (χ0v) is 16.5. The third-order valence-corrected chi connectivity index (χ3v) is 5.53. The third-order valence-electron chi connectivity index (χ3n) is 4.10. The molecule has 1 unspecified atom stereocenters. The topological polar surface area (TPSA) is 118 Å². The molecule has 2 N–H and O–H groups in total. The molecule has 0 saturated heterocycles. The molecule has 8 nitrogen and oxygen atoms in total. The van der Waals surface area contributed by atoms with Crippen LogP contribution in [-0.4, -0.2) is 35.4 Å². The van der Waals surface area contributed by atoms with Crippen LogP contribution in [0.5, 0.6) is 0 Å². The molecule has 1 heterocycles. The average molecular weight is 422 g/mol. The highest BCUT2D eigenvalue weighted by Crippen LogP contribution is 2.23. The number of aromatic nitrogens is 2. The molecule has 0 spiro atoms. The molecule has 0 saturated carbocycles. The van der Waals surface area contributed by atoms with Crippen molar-refractivity contribution in [3.63, 3.8) is 0 Å². The maximum atomic E-state index is 13.2. The summed E-state index contributed by atoms with van der Waals surface area (Å²) in [5.41, 5.74) is 0.00799. The molecule has 3 rings (SSSR count). The van der Waals surface area contributed by atoms with E-state index in [1.54, 1.807) is 18.2 Å². The Morgan fingerprint density at radius 3 is 2.57 bits per heavy atom. The van der Waals surface area contributed by atoms with Gasteiger partial charge in [0.1, 0.15) is 5.82 Å². The van der Waals surface area contributed by atoms with Crippen molar-refractivity contribution in [3.8, 4) is 5.69 Å². The second-order valence-electron chi connectivity index (χ2n) is 6.19. The molecule has 1 atom stereocenters. The van der Waals surface area contributed by atoms with Crippen molar-refractivity contribution >= 4 is 38.4 Å². The van der Waals surface area contributed by atoms with E-state index >= 15 is 0 Å². The van der Waals surface area contributed by atoms with Gasteiger partial charge in [0, 0.05) is 6.26 Å². The van der Waals surface area contributed by atoms with Gasteiger partial charge in [0.25, 0.3) is 5.56 Å². The van der Waals surface area contributed by atoms with Gasteiger partial charge >= 0.3 is 6.09 Å². The molecular weight excluding hydrogens is 406 g/mol. The minimum atomic E-state index is -3.52. The molecule has 0 radical (unpaired) electrons. The molecule has 0 aliphatic carbocycles. The van der Waals surface area contributed by atoms with Gasteiger partial charge in [-0.1, -0.05) is 23.7 Å². The van der Waals surface area contributed by atoms with Gasteiger partial charge in [-0.25, -0.2) is 18.2 Å². The van der Waals surface area contributed by atoms with E-state index < -0.39 is 27.5 Å². The molecule has 28 heavy (non-hydrogen) atoms. The van der Waals surface area contributed by atoms with E-state index in [0.29, 0.717) is 5.52 Å². The smallest absolute Gasteiger partial charge is 0.405 e. The summed E-state index contributed by atoms with van der Waals surface area (Å²) in [4.78, 5) is 28.8. The van der Waals surface area contributed by atoms with E-state index in [1.807, 2.05) is 0 Å². The first kappa shape index (κ1) is 19.8. The Morgan fingerprint density at radius 2 is 1.93 bits per heavy atom. The fourth-order valence-corrected chi connectivity index (χ4v) is 3.76. The molecule has 1 aromatic heterocycles. The number of hydrogen-bond donors (Lipinski definition) is 2. The summed E-state index contributed by atoms with van der Waals surface area (Å²) >= 11 is 6.18. The van der Waals surface area contributed by atoms with Crippen molar-refractivity contribution in [1.82, 2.24) is 14.9 Å². The van der Waals surface area contributed by atoms with Gasteiger partial charge in [-0.15, -0.1) is 0 Å². The Balaban J connectivity index is 2.40. The Kier molecular flexibility index (Phi) is 5.14. The second kappa shape index (κ2) is 7.25. The molecule has 146 valence electrons. The molecular formula is C18H16ClN3O5S. The highest BCUT2D eigenvalue weighted by molar-refractivity contribution is 7.90. The highest BCUT2D eigenvalue weighted by atomic mass is 35.5. The van der Waals surface area contributed by atoms with Crippen molar-refractivity contribution in [3.05, 3.63) is 63.7 Å². The lowest BCUT2D eigenvalue weighted by Crippen LogP contribution is -2.32. The number of nitrogens with one attached hydrogen (secondary N) is 1. The molecule has 0 fully saturated rings. The molecule has 10 heteroatoms. The fourth-order valence-electron chi connectivity index (χ4n) is 2.85. The number of fused-ring (bicyclic) bond motifs is 1. The molecule has 2 aromatic carbocycles. The zero-order chi connectivity index (χ0) is 20.6. The number of halogens is 1. The summed E-state index contributed by atoms with van der Waals surface area (Å²) in [7, 11) is -3.52. The van der Waals surface area contributed by atoms with Crippen molar-refractivity contribution in [2.45, 2.75) is 17.9 Å². The van der Waals surface area contributed by atoms with Gasteiger partial charge in [0.15, 0.2) is 9.84 Å². The van der Waals surface area contributed by atoms with Crippen LogP contribution in [0.3, 0.4) is 0 Å². The van der Waals surface area contributed by atoms with Crippen molar-refractivity contribution in [2.24, 2.45) is 0 Å². The number of carboxylic acid groups (broad SMARTS) is 1. The van der Waals surface area contributed by atoms with Crippen LogP contribution >= 0.6 is 11.6 Å². The van der Waals surface area contributed by atoms with Crippen LogP contribution in [-0.2, 0) is 9.84 Å². The van der Waals surface area contributed by atoms with Gasteiger partial charge in [-0.05, 0) is 37.3 Å². The van der Waals surface area contributed by atoms with Gasteiger partial charge in [-0.2, -0.15) is 0 Å². The van der Waals surface area contributed by atoms with E-state index in [0.717, 1.165) is 6.26 Å². The number of hydrogen-bond acceptors (Lipinski definition) is 5. The van der Waals surface area contributed by atoms with E-state index in [4.69, 9.17) is 16.7 Å². The number of rotatable bonds is 4. The van der Waals surface area contributed by atoms with Gasteiger partial charge < -0.3 is 10.4 Å². The average Bonchev–Trinajstić information content (AvgIpc) is 2.60. The first-order valence-corrected chi connectivity index (χ1v) is 10.4. The summed E-state index contributed by atoms with van der Waals surface area (Å²) in [5, 5.41) is 11.7. The molecule has 1 amide bonds. The maximum Gasteiger partial charge on any atom is 0.405 e. The summed E-state index contributed by atoms with van der Waals surface area (Å²) in [6.45, 7) is 1.53. The number of carbonyl (C=O) groups is 1. The molecule has 3 aromatic rings. The van der Waals surface area contributed by atoms with Crippen molar-refractivity contribution < 1.29 is 18.3 Å². The molecule has 0 bridgehead atoms. The Hall–Kier alpha value is -2.91. The minimum Gasteiger partial charge on any atom is -0.465 e. The number of benzene rings is 2. The Bertz CT molecular complexity index is 1250. The van der Waals surface area contributed by atoms with Crippen molar-refractivity contribution in [1.29, 1.82) is 0 Å². The molecule has 0 aliphatic rings. The minimum absolute atomic E-state index is 0.0148. The number of amides is 1. The lowest BCUT2D eigenvalue weighted by atomic mass is 10.2. The number of sulfone groups is 1. The van der Waals surface area contributed by atoms with E-state index in [2.05, 4.69) is 10.3 Å². The van der Waals surface area contributed by atoms with Crippen LogP contribution < -0.4 is 10.9 Å². The van der Waals surface area contributed by atoms with Gasteiger partial charge in [0.2, 0.25) is 0 Å². The van der Waals surface area contributed by atoms with Crippen molar-refractivity contribution in [2.75, 3.05) is 6.26 Å². The normalized spacial score (nSPS) is 12.7. The van der Waals surface area contributed by atoms with Crippen LogP contribution in [0.15, 0.2) is 52.2 Å². The largest absolute Gasteiger partial charge is 0.465 e. The monoisotopic (exact) mass is 421 g/mol. The Morgan fingerprint density at radius 1 is 1.25 bits per heavy atom. The van der Waals surface area contributed by atoms with E-state index in [1.165, 1.54) is 35.8 Å². The maximum absolute atomic E-state index is 13.2. The second-order valence-corrected chi connectivity index (χ2v) is 8.61. The molecule has 0 aliphatic heterocycles. The lowest BCUT2D eigenvalue weighted by molar-refractivity contribution is 0.190. The predicted molar refractivity (Wildman–Crippen MR) is 105 cm³/mol. The number of nitrogens with zero attached hydrogens (tertiary/aromatic N) is 2. The summed E-state index contributed by atoms with van der Waals surface area (Å²) in [6, 6.07) is 9.69. The summed E-state index contributed by atoms with van der Waals surface area (Å²) in [6.07, 6.45) is -0.232. The van der Waals surface area contributed by atoms with Crippen LogP contribution in [0.2, 0.25) is 5.02 Å². The van der Waals surface area contributed by atoms with Gasteiger partial charge in [0.05, 0.1) is 32.6 Å². The van der Waals surface area contributed by atoms with Gasteiger partial charge in [-0.3, -0.25) is 9.36 Å². The summed E-state index contributed by atoms with van der Waals surface area (Å²) < 4.78 is 25.0. The lowest BCUT2D eigenvalue weighted by Gasteiger charge is -2.19. The van der Waals surface area contributed by atoms with E-state index in [-0.39, 0.29) is 26.8 Å². The first-order valence-electron chi connectivity index (χ1n) is 8.10. The quantitative estimate of drug-likeness (QED) is 0.668. The highest BCUT2D eigenvalue weighted by Gasteiger charge is 2.21. The summed E-state index contributed by atoms with van der Waals surface area (Å²) in [5.74, 6) is 0.104. The Labute approximate surface area is 165 Å². The van der Waals surface area contributed by atoms with Crippen LogP contribution in [0.25, 0.3) is 16.6 Å². The van der Waals surface area contributed by atoms with Crippen LogP contribution in [0.4, 0.5) is 4.79 Å². The predicted octanol–water partition coefficient (Wildman–Crippen LogP) is 2.77. The first-order chi connectivity index (χ1) is 13.1.